The molecule has 0 aromatic rings. The molecular formula is C12H22O3. The van der Waals surface area contributed by atoms with Crippen LogP contribution in [0, 0.1) is 11.8 Å². The normalized spacial score (nSPS) is 23.9. The van der Waals surface area contributed by atoms with Gasteiger partial charge in [0.05, 0.1) is 13.0 Å². The first kappa shape index (κ1) is 12.5. The van der Waals surface area contributed by atoms with Gasteiger partial charge in [-0.1, -0.05) is 39.0 Å². The lowest BCUT2D eigenvalue weighted by atomic mass is 10.1. The lowest BCUT2D eigenvalue weighted by molar-refractivity contribution is -0.256. The summed E-state index contributed by atoms with van der Waals surface area (Å²) in [4.78, 5) is 20.1. The van der Waals surface area contributed by atoms with Crippen LogP contribution in [-0.4, -0.2) is 13.1 Å². The largest absolute Gasteiger partial charge is 0.345 e. The Balaban J connectivity index is 1.95. The Morgan fingerprint density at radius 2 is 2.00 bits per heavy atom. The maximum Gasteiger partial charge on any atom is 0.345 e. The molecule has 3 heteroatoms. The van der Waals surface area contributed by atoms with E-state index in [1.54, 1.807) is 0 Å². The van der Waals surface area contributed by atoms with Gasteiger partial charge in [-0.25, -0.2) is 4.79 Å². The average molecular weight is 214 g/mol. The second-order valence-corrected chi connectivity index (χ2v) is 4.37. The van der Waals surface area contributed by atoms with Crippen LogP contribution in [0.25, 0.3) is 0 Å². The van der Waals surface area contributed by atoms with Crippen molar-refractivity contribution in [3.05, 3.63) is 0 Å². The molecule has 0 aromatic heterocycles. The number of carbonyl (C=O) groups is 1. The SMILES string of the molecule is CCCCCCCC1CC1C(=O)OOC. The van der Waals surface area contributed by atoms with Crippen molar-refractivity contribution >= 4 is 5.97 Å². The summed E-state index contributed by atoms with van der Waals surface area (Å²) in [5.41, 5.74) is 0. The monoisotopic (exact) mass is 214 g/mol. The van der Waals surface area contributed by atoms with E-state index in [1.165, 1.54) is 45.6 Å². The summed E-state index contributed by atoms with van der Waals surface area (Å²) in [5, 5.41) is 0. The van der Waals surface area contributed by atoms with Gasteiger partial charge in [0, 0.05) is 0 Å². The quantitative estimate of drug-likeness (QED) is 0.354. The van der Waals surface area contributed by atoms with Crippen molar-refractivity contribution in [1.82, 2.24) is 0 Å². The Morgan fingerprint density at radius 3 is 2.67 bits per heavy atom. The standard InChI is InChI=1S/C12H22O3/c1-3-4-5-6-7-8-10-9-11(10)12(13)15-14-2/h10-11H,3-9H2,1-2H3. The molecule has 1 aliphatic rings. The Hall–Kier alpha value is -0.570. The molecule has 0 radical (unpaired) electrons. The van der Waals surface area contributed by atoms with E-state index in [1.807, 2.05) is 0 Å². The Morgan fingerprint density at radius 1 is 1.27 bits per heavy atom. The molecule has 0 aliphatic heterocycles. The van der Waals surface area contributed by atoms with Gasteiger partial charge in [-0.15, -0.1) is 0 Å². The van der Waals surface area contributed by atoms with E-state index < -0.39 is 0 Å². The summed E-state index contributed by atoms with van der Waals surface area (Å²) >= 11 is 0. The molecule has 1 aliphatic carbocycles. The molecule has 1 rings (SSSR count). The fourth-order valence-electron chi connectivity index (χ4n) is 2.01. The lowest BCUT2D eigenvalue weighted by Crippen LogP contribution is -2.06. The topological polar surface area (TPSA) is 35.5 Å². The van der Waals surface area contributed by atoms with E-state index in [2.05, 4.69) is 16.7 Å². The molecule has 3 nitrogen and oxygen atoms in total. The molecule has 1 saturated carbocycles. The number of rotatable bonds is 8. The summed E-state index contributed by atoms with van der Waals surface area (Å²) in [5.74, 6) is 0.501. The molecule has 0 N–H and O–H groups in total. The van der Waals surface area contributed by atoms with Gasteiger partial charge in [-0.05, 0) is 18.8 Å². The Labute approximate surface area is 92.1 Å². The molecule has 2 atom stereocenters. The van der Waals surface area contributed by atoms with Crippen molar-refractivity contribution in [2.75, 3.05) is 7.11 Å². The van der Waals surface area contributed by atoms with Gasteiger partial charge < -0.3 is 0 Å². The van der Waals surface area contributed by atoms with Crippen molar-refractivity contribution in [3.63, 3.8) is 0 Å². The van der Waals surface area contributed by atoms with E-state index in [-0.39, 0.29) is 11.9 Å². The minimum atomic E-state index is -0.184. The van der Waals surface area contributed by atoms with Gasteiger partial charge in [0.1, 0.15) is 0 Å². The highest BCUT2D eigenvalue weighted by molar-refractivity contribution is 5.75. The minimum absolute atomic E-state index is 0.121. The van der Waals surface area contributed by atoms with Crippen molar-refractivity contribution in [2.45, 2.75) is 51.9 Å². The van der Waals surface area contributed by atoms with Crippen LogP contribution in [0.4, 0.5) is 0 Å². The van der Waals surface area contributed by atoms with Crippen molar-refractivity contribution in [1.29, 1.82) is 0 Å². The smallest absolute Gasteiger partial charge is 0.298 e. The van der Waals surface area contributed by atoms with Gasteiger partial charge in [-0.3, -0.25) is 4.89 Å². The molecule has 0 bridgehead atoms. The molecule has 0 spiro atoms. The summed E-state index contributed by atoms with van der Waals surface area (Å²) < 4.78 is 0. The van der Waals surface area contributed by atoms with Crippen LogP contribution in [-0.2, 0) is 14.6 Å². The van der Waals surface area contributed by atoms with E-state index in [0.29, 0.717) is 5.92 Å². The zero-order chi connectivity index (χ0) is 11.1. The predicted octanol–water partition coefficient (Wildman–Crippen LogP) is 3.09. The third-order valence-corrected chi connectivity index (χ3v) is 3.07. The van der Waals surface area contributed by atoms with Gasteiger partial charge in [-0.2, -0.15) is 4.89 Å². The zero-order valence-electron chi connectivity index (χ0n) is 9.83. The molecule has 15 heavy (non-hydrogen) atoms. The number of hydrogen-bond donors (Lipinski definition) is 0. The summed E-state index contributed by atoms with van der Waals surface area (Å²) in [6.45, 7) is 2.22. The van der Waals surface area contributed by atoms with E-state index in [0.717, 1.165) is 6.42 Å². The molecule has 0 saturated heterocycles. The molecule has 1 fully saturated rings. The third kappa shape index (κ3) is 4.65. The van der Waals surface area contributed by atoms with Crippen LogP contribution >= 0.6 is 0 Å². The first-order chi connectivity index (χ1) is 7.29. The Kier molecular flexibility index (Phi) is 5.69. The molecule has 0 heterocycles. The van der Waals surface area contributed by atoms with Gasteiger partial charge >= 0.3 is 5.97 Å². The van der Waals surface area contributed by atoms with E-state index in [4.69, 9.17) is 0 Å². The van der Waals surface area contributed by atoms with Crippen LogP contribution < -0.4 is 0 Å². The second kappa shape index (κ2) is 6.83. The highest BCUT2D eigenvalue weighted by Crippen LogP contribution is 2.43. The Bertz CT molecular complexity index is 191. The van der Waals surface area contributed by atoms with Crippen LogP contribution in [0.2, 0.25) is 0 Å². The summed E-state index contributed by atoms with van der Waals surface area (Å²) in [6.07, 6.45) is 8.67. The number of hydrogen-bond acceptors (Lipinski definition) is 3. The van der Waals surface area contributed by atoms with Gasteiger partial charge in [0.25, 0.3) is 0 Å². The van der Waals surface area contributed by atoms with Gasteiger partial charge in [0.2, 0.25) is 0 Å². The first-order valence-electron chi connectivity index (χ1n) is 6.04. The molecule has 2 unspecified atom stereocenters. The second-order valence-electron chi connectivity index (χ2n) is 4.37. The molecular weight excluding hydrogens is 192 g/mol. The van der Waals surface area contributed by atoms with Crippen molar-refractivity contribution in [3.8, 4) is 0 Å². The lowest BCUT2D eigenvalue weighted by Gasteiger charge is -2.00. The molecule has 88 valence electrons. The average Bonchev–Trinajstić information content (AvgIpc) is 2.97. The maximum atomic E-state index is 11.2. The fraction of sp³-hybridized carbons (Fsp3) is 0.917. The molecule has 0 amide bonds. The van der Waals surface area contributed by atoms with E-state index in [9.17, 15) is 4.79 Å². The van der Waals surface area contributed by atoms with Gasteiger partial charge in [0.15, 0.2) is 0 Å². The van der Waals surface area contributed by atoms with Crippen molar-refractivity contribution < 1.29 is 14.6 Å². The number of carbonyl (C=O) groups excluding carboxylic acids is 1. The fourth-order valence-corrected chi connectivity index (χ4v) is 2.01. The number of unbranched alkanes of at least 4 members (excludes halogenated alkanes) is 4. The first-order valence-corrected chi connectivity index (χ1v) is 6.04. The predicted molar refractivity (Wildman–Crippen MR) is 58.1 cm³/mol. The van der Waals surface area contributed by atoms with Crippen LogP contribution in [0.3, 0.4) is 0 Å². The third-order valence-electron chi connectivity index (χ3n) is 3.07. The highest BCUT2D eigenvalue weighted by atomic mass is 17.2. The zero-order valence-corrected chi connectivity index (χ0v) is 9.83. The maximum absolute atomic E-state index is 11.2. The van der Waals surface area contributed by atoms with Crippen LogP contribution in [0.15, 0.2) is 0 Å². The minimum Gasteiger partial charge on any atom is -0.298 e. The summed E-state index contributed by atoms with van der Waals surface area (Å²) in [7, 11) is 1.38. The highest BCUT2D eigenvalue weighted by Gasteiger charge is 2.44. The molecule has 0 aromatic carbocycles. The van der Waals surface area contributed by atoms with Crippen molar-refractivity contribution in [2.24, 2.45) is 11.8 Å². The van der Waals surface area contributed by atoms with E-state index >= 15 is 0 Å². The summed E-state index contributed by atoms with van der Waals surface area (Å²) in [6, 6.07) is 0. The van der Waals surface area contributed by atoms with Crippen LogP contribution in [0.5, 0.6) is 0 Å². The van der Waals surface area contributed by atoms with Crippen LogP contribution in [0.1, 0.15) is 51.9 Å².